The topological polar surface area (TPSA) is 99.1 Å². The lowest BCUT2D eigenvalue weighted by molar-refractivity contribution is -0.118. The van der Waals surface area contributed by atoms with E-state index in [0.717, 1.165) is 4.31 Å². The van der Waals surface area contributed by atoms with Crippen molar-refractivity contribution in [2.45, 2.75) is 18.4 Å². The summed E-state index contributed by atoms with van der Waals surface area (Å²) in [5, 5.41) is 14.9. The normalized spacial score (nSPS) is 15.2. The standard InChI is InChI=1S/C24H20FN3O4S/c1-16(18-11-13-19(25)14-12-18)26-27-24(30)22-23(29)20-9-5-6-10-21(20)33(31,32)28(22)15-17-7-3-2-4-8-17/h2-14,29H,15H2,1H3,(H,27,30)/b26-16+. The van der Waals surface area contributed by atoms with Crippen molar-refractivity contribution in [2.24, 2.45) is 5.10 Å². The van der Waals surface area contributed by atoms with E-state index in [1.54, 1.807) is 49.4 Å². The Balaban J connectivity index is 1.74. The van der Waals surface area contributed by atoms with Gasteiger partial charge in [0.05, 0.1) is 17.2 Å². The van der Waals surface area contributed by atoms with Crippen LogP contribution in [0.2, 0.25) is 0 Å². The van der Waals surface area contributed by atoms with Gasteiger partial charge in [0.25, 0.3) is 15.9 Å². The number of rotatable bonds is 5. The lowest BCUT2D eigenvalue weighted by Gasteiger charge is -2.31. The number of sulfonamides is 1. The Kier molecular flexibility index (Phi) is 5.97. The van der Waals surface area contributed by atoms with Gasteiger partial charge in [0.15, 0.2) is 11.5 Å². The summed E-state index contributed by atoms with van der Waals surface area (Å²) in [5.74, 6) is -1.78. The molecule has 1 heterocycles. The van der Waals surface area contributed by atoms with Crippen molar-refractivity contribution in [1.82, 2.24) is 9.73 Å². The van der Waals surface area contributed by atoms with E-state index in [2.05, 4.69) is 10.5 Å². The SMILES string of the molecule is C/C(=N\NC(=O)C1=C(O)c2ccccc2S(=O)(=O)N1Cc1ccccc1)c1ccc(F)cc1. The molecule has 0 spiro atoms. The van der Waals surface area contributed by atoms with E-state index in [1.807, 2.05) is 0 Å². The van der Waals surface area contributed by atoms with Crippen molar-refractivity contribution in [3.8, 4) is 0 Å². The Hall–Kier alpha value is -3.98. The van der Waals surface area contributed by atoms with Gasteiger partial charge in [-0.1, -0.05) is 54.6 Å². The van der Waals surface area contributed by atoms with Crippen LogP contribution in [0.15, 0.2) is 94.6 Å². The molecule has 1 aliphatic rings. The summed E-state index contributed by atoms with van der Waals surface area (Å²) in [6, 6.07) is 20.2. The second-order valence-corrected chi connectivity index (χ2v) is 9.17. The molecule has 0 aromatic heterocycles. The molecule has 9 heteroatoms. The monoisotopic (exact) mass is 465 g/mol. The van der Waals surface area contributed by atoms with Crippen molar-refractivity contribution in [1.29, 1.82) is 0 Å². The number of benzene rings is 3. The Morgan fingerprint density at radius 3 is 2.33 bits per heavy atom. The Morgan fingerprint density at radius 1 is 1.00 bits per heavy atom. The van der Waals surface area contributed by atoms with Gasteiger partial charge in [0.2, 0.25) is 0 Å². The molecule has 0 unspecified atom stereocenters. The van der Waals surface area contributed by atoms with E-state index >= 15 is 0 Å². The third-order valence-corrected chi connectivity index (χ3v) is 6.96. The second kappa shape index (κ2) is 8.87. The van der Waals surface area contributed by atoms with Crippen molar-refractivity contribution in [2.75, 3.05) is 0 Å². The van der Waals surface area contributed by atoms with Crippen LogP contribution in [0.1, 0.15) is 23.6 Å². The first-order chi connectivity index (χ1) is 15.8. The van der Waals surface area contributed by atoms with Gasteiger partial charge in [-0.25, -0.2) is 18.2 Å². The highest BCUT2D eigenvalue weighted by Gasteiger charge is 2.40. The fourth-order valence-corrected chi connectivity index (χ4v) is 5.11. The number of nitrogens with zero attached hydrogens (tertiary/aromatic N) is 2. The smallest absolute Gasteiger partial charge is 0.292 e. The van der Waals surface area contributed by atoms with E-state index in [4.69, 9.17) is 0 Å². The van der Waals surface area contributed by atoms with E-state index in [9.17, 15) is 22.7 Å². The van der Waals surface area contributed by atoms with Gasteiger partial charge < -0.3 is 5.11 Å². The first-order valence-corrected chi connectivity index (χ1v) is 11.4. The van der Waals surface area contributed by atoms with Crippen LogP contribution in [0.3, 0.4) is 0 Å². The molecular formula is C24H20FN3O4S. The molecule has 1 amide bonds. The predicted octanol–water partition coefficient (Wildman–Crippen LogP) is 3.80. The zero-order valence-corrected chi connectivity index (χ0v) is 18.4. The average Bonchev–Trinajstić information content (AvgIpc) is 2.82. The van der Waals surface area contributed by atoms with Crippen LogP contribution in [0, 0.1) is 5.82 Å². The van der Waals surface area contributed by atoms with Crippen LogP contribution in [0.4, 0.5) is 4.39 Å². The van der Waals surface area contributed by atoms with E-state index in [-0.39, 0.29) is 17.0 Å². The summed E-state index contributed by atoms with van der Waals surface area (Å²) in [5.41, 5.74) is 3.48. The summed E-state index contributed by atoms with van der Waals surface area (Å²) in [7, 11) is -4.14. The highest BCUT2D eigenvalue weighted by atomic mass is 32.2. The Bertz CT molecular complexity index is 1370. The van der Waals surface area contributed by atoms with Gasteiger partial charge in [0.1, 0.15) is 5.82 Å². The first-order valence-electron chi connectivity index (χ1n) is 9.99. The fraction of sp³-hybridized carbons (Fsp3) is 0.0833. The number of hydrogen-bond acceptors (Lipinski definition) is 5. The van der Waals surface area contributed by atoms with Gasteiger partial charge in [-0.3, -0.25) is 9.10 Å². The lowest BCUT2D eigenvalue weighted by atomic mass is 10.1. The molecule has 0 aliphatic carbocycles. The summed E-state index contributed by atoms with van der Waals surface area (Å²) in [6.07, 6.45) is 0. The quantitative estimate of drug-likeness (QED) is 0.442. The van der Waals surface area contributed by atoms with Gasteiger partial charge >= 0.3 is 0 Å². The summed E-state index contributed by atoms with van der Waals surface area (Å²) in [4.78, 5) is 13.0. The highest BCUT2D eigenvalue weighted by Crippen LogP contribution is 2.36. The molecule has 0 saturated heterocycles. The van der Waals surface area contributed by atoms with E-state index in [0.29, 0.717) is 16.8 Å². The van der Waals surface area contributed by atoms with Crippen molar-refractivity contribution in [3.05, 3.63) is 107 Å². The maximum atomic E-state index is 13.4. The van der Waals surface area contributed by atoms with Crippen LogP contribution in [0.25, 0.3) is 5.76 Å². The van der Waals surface area contributed by atoms with Crippen molar-refractivity contribution in [3.63, 3.8) is 0 Å². The number of aliphatic hydroxyl groups excluding tert-OH is 1. The molecule has 0 fully saturated rings. The number of hydrazone groups is 1. The van der Waals surface area contributed by atoms with Crippen molar-refractivity contribution >= 4 is 27.4 Å². The summed E-state index contributed by atoms with van der Waals surface area (Å²) in [6.45, 7) is 1.45. The molecule has 7 nitrogen and oxygen atoms in total. The number of hydrogen-bond donors (Lipinski definition) is 2. The van der Waals surface area contributed by atoms with Gasteiger partial charge in [-0.2, -0.15) is 5.10 Å². The Morgan fingerprint density at radius 2 is 1.64 bits per heavy atom. The number of fused-ring (bicyclic) bond motifs is 1. The van der Waals surface area contributed by atoms with Crippen LogP contribution in [-0.4, -0.2) is 29.4 Å². The number of carbonyl (C=O) groups excluding carboxylic acids is 1. The molecule has 2 N–H and O–H groups in total. The largest absolute Gasteiger partial charge is 0.505 e. The zero-order chi connectivity index (χ0) is 23.6. The third-order valence-electron chi connectivity index (χ3n) is 5.16. The molecule has 33 heavy (non-hydrogen) atoms. The minimum Gasteiger partial charge on any atom is -0.505 e. The van der Waals surface area contributed by atoms with Crippen LogP contribution in [0.5, 0.6) is 0 Å². The molecular weight excluding hydrogens is 445 g/mol. The number of halogens is 1. The van der Waals surface area contributed by atoms with Gasteiger partial charge in [-0.05, 0) is 42.3 Å². The van der Waals surface area contributed by atoms with Crippen LogP contribution >= 0.6 is 0 Å². The van der Waals surface area contributed by atoms with E-state index in [1.165, 1.54) is 36.4 Å². The molecule has 1 aliphatic heterocycles. The van der Waals surface area contributed by atoms with Crippen molar-refractivity contribution < 1.29 is 22.7 Å². The Labute approximate surface area is 190 Å². The number of nitrogens with one attached hydrogen (secondary N) is 1. The maximum absolute atomic E-state index is 13.4. The van der Waals surface area contributed by atoms with Crippen LogP contribution < -0.4 is 5.43 Å². The van der Waals surface area contributed by atoms with Gasteiger partial charge in [-0.15, -0.1) is 0 Å². The fourth-order valence-electron chi connectivity index (χ4n) is 3.45. The average molecular weight is 466 g/mol. The predicted molar refractivity (Wildman–Crippen MR) is 122 cm³/mol. The number of aliphatic hydroxyl groups is 1. The third kappa shape index (κ3) is 4.35. The van der Waals surface area contributed by atoms with E-state index < -0.39 is 33.2 Å². The summed E-state index contributed by atoms with van der Waals surface area (Å²) < 4.78 is 40.8. The maximum Gasteiger partial charge on any atom is 0.292 e. The molecule has 0 bridgehead atoms. The molecule has 0 atom stereocenters. The van der Waals surface area contributed by atoms with Gasteiger partial charge in [0, 0.05) is 5.56 Å². The summed E-state index contributed by atoms with van der Waals surface area (Å²) >= 11 is 0. The minimum atomic E-state index is -4.14. The number of amides is 1. The number of carbonyl (C=O) groups is 1. The molecule has 0 radical (unpaired) electrons. The zero-order valence-electron chi connectivity index (χ0n) is 17.6. The lowest BCUT2D eigenvalue weighted by Crippen LogP contribution is -2.40. The second-order valence-electron chi connectivity index (χ2n) is 7.34. The first kappa shape index (κ1) is 22.2. The molecule has 4 rings (SSSR count). The minimum absolute atomic E-state index is 0.0335. The molecule has 3 aromatic carbocycles. The molecule has 168 valence electrons. The molecule has 0 saturated carbocycles. The van der Waals surface area contributed by atoms with Crippen LogP contribution in [-0.2, 0) is 21.4 Å². The molecule has 3 aromatic rings. The highest BCUT2D eigenvalue weighted by molar-refractivity contribution is 7.89.